The summed E-state index contributed by atoms with van der Waals surface area (Å²) in [4.78, 5) is 16.6. The normalized spacial score (nSPS) is 16.1. The average Bonchev–Trinajstić information content (AvgIpc) is 2.71. The molecule has 1 saturated heterocycles. The molecule has 1 aliphatic rings. The van der Waals surface area contributed by atoms with E-state index in [1.165, 1.54) is 12.1 Å². The minimum absolute atomic E-state index is 0.267. The van der Waals surface area contributed by atoms with Gasteiger partial charge in [-0.25, -0.2) is 4.99 Å². The van der Waals surface area contributed by atoms with Crippen LogP contribution in [0.5, 0.6) is 11.5 Å². The van der Waals surface area contributed by atoms with E-state index in [0.717, 1.165) is 12.1 Å². The Balaban J connectivity index is 1.58. The Kier molecular flexibility index (Phi) is 5.28. The topological polar surface area (TPSA) is 70.9 Å². The quantitative estimate of drug-likeness (QED) is 0.597. The first-order valence-electron chi connectivity index (χ1n) is 9.57. The predicted octanol–water partition coefficient (Wildman–Crippen LogP) is 4.59. The smallest absolute Gasteiger partial charge is 0.416 e. The molecule has 5 nitrogen and oxygen atoms in total. The van der Waals surface area contributed by atoms with Gasteiger partial charge in [-0.15, -0.1) is 0 Å². The maximum absolute atomic E-state index is 12.7. The second-order valence-electron chi connectivity index (χ2n) is 7.45. The molecule has 0 unspecified atom stereocenters. The van der Waals surface area contributed by atoms with Gasteiger partial charge in [0.1, 0.15) is 17.1 Å². The van der Waals surface area contributed by atoms with Gasteiger partial charge in [0.2, 0.25) is 0 Å². The van der Waals surface area contributed by atoms with Gasteiger partial charge in [-0.3, -0.25) is 4.79 Å². The van der Waals surface area contributed by atoms with E-state index >= 15 is 0 Å². The number of halogens is 3. The van der Waals surface area contributed by atoms with Crippen molar-refractivity contribution in [2.45, 2.75) is 18.7 Å². The first kappa shape index (κ1) is 21.0. The first-order chi connectivity index (χ1) is 14.7. The van der Waals surface area contributed by atoms with Crippen LogP contribution in [0.3, 0.4) is 0 Å². The molecule has 3 aromatic carbocycles. The van der Waals surface area contributed by atoms with Crippen molar-refractivity contribution in [1.29, 1.82) is 0 Å². The second kappa shape index (κ2) is 7.79. The summed E-state index contributed by atoms with van der Waals surface area (Å²) in [7, 11) is 0. The molecule has 0 bridgehead atoms. The van der Waals surface area contributed by atoms with Crippen molar-refractivity contribution in [3.05, 3.63) is 71.8 Å². The number of nitrogens with zero attached hydrogens (tertiary/aromatic N) is 1. The van der Waals surface area contributed by atoms with Crippen LogP contribution in [0.25, 0.3) is 10.8 Å². The molecule has 1 heterocycles. The summed E-state index contributed by atoms with van der Waals surface area (Å²) in [6, 6.07) is 14.6. The summed E-state index contributed by atoms with van der Waals surface area (Å²) in [5, 5.41) is 14.6. The summed E-state index contributed by atoms with van der Waals surface area (Å²) in [5.41, 5.74) is -1.13. The number of alkyl halides is 3. The monoisotopic (exact) mass is 428 g/mol. The lowest BCUT2D eigenvalue weighted by Crippen LogP contribution is -2.63. The lowest BCUT2D eigenvalue weighted by Gasteiger charge is -2.37. The summed E-state index contributed by atoms with van der Waals surface area (Å²) >= 11 is 0. The SMILES string of the molecule is CC(=NC(=O)c1ccc2c(Oc3ccc(C(F)(F)F)cc3)cccc2c1)C1(O)CNC1. The molecule has 1 fully saturated rings. The number of benzene rings is 3. The number of carbonyl (C=O) groups is 1. The number of rotatable bonds is 4. The highest BCUT2D eigenvalue weighted by Gasteiger charge is 2.37. The van der Waals surface area contributed by atoms with Crippen LogP contribution >= 0.6 is 0 Å². The van der Waals surface area contributed by atoms with Gasteiger partial charge in [-0.05, 0) is 60.8 Å². The maximum atomic E-state index is 12.7. The molecule has 160 valence electrons. The van der Waals surface area contributed by atoms with Gasteiger partial charge in [0.15, 0.2) is 0 Å². The van der Waals surface area contributed by atoms with E-state index < -0.39 is 23.2 Å². The van der Waals surface area contributed by atoms with Crippen molar-refractivity contribution < 1.29 is 27.8 Å². The van der Waals surface area contributed by atoms with E-state index in [0.29, 0.717) is 40.9 Å². The third-order valence-electron chi connectivity index (χ3n) is 5.27. The molecular weight excluding hydrogens is 409 g/mol. The summed E-state index contributed by atoms with van der Waals surface area (Å²) in [6.07, 6.45) is -4.41. The van der Waals surface area contributed by atoms with E-state index in [4.69, 9.17) is 4.74 Å². The third-order valence-corrected chi connectivity index (χ3v) is 5.27. The Morgan fingerprint density at radius 3 is 2.42 bits per heavy atom. The van der Waals surface area contributed by atoms with Crippen molar-refractivity contribution >= 4 is 22.4 Å². The second-order valence-corrected chi connectivity index (χ2v) is 7.45. The number of carbonyl (C=O) groups excluding carboxylic acids is 1. The van der Waals surface area contributed by atoms with Gasteiger partial charge in [0.25, 0.3) is 5.91 Å². The van der Waals surface area contributed by atoms with Crippen LogP contribution in [0.15, 0.2) is 65.7 Å². The fraction of sp³-hybridized carbons (Fsp3) is 0.217. The zero-order chi connectivity index (χ0) is 22.2. The number of hydrogen-bond acceptors (Lipinski definition) is 4. The lowest BCUT2D eigenvalue weighted by atomic mass is 9.92. The fourth-order valence-electron chi connectivity index (χ4n) is 3.25. The number of hydrogen-bond donors (Lipinski definition) is 2. The highest BCUT2D eigenvalue weighted by molar-refractivity contribution is 6.08. The number of amides is 1. The fourth-order valence-corrected chi connectivity index (χ4v) is 3.25. The number of aliphatic imine (C=N–C) groups is 1. The lowest BCUT2D eigenvalue weighted by molar-refractivity contribution is -0.137. The Morgan fingerprint density at radius 1 is 1.10 bits per heavy atom. The molecule has 0 atom stereocenters. The van der Waals surface area contributed by atoms with E-state index in [1.54, 1.807) is 43.3 Å². The van der Waals surface area contributed by atoms with Gasteiger partial charge in [0, 0.05) is 24.0 Å². The molecule has 31 heavy (non-hydrogen) atoms. The Labute approximate surface area is 176 Å². The molecule has 0 saturated carbocycles. The van der Waals surface area contributed by atoms with Crippen LogP contribution in [-0.4, -0.2) is 35.4 Å². The highest BCUT2D eigenvalue weighted by atomic mass is 19.4. The van der Waals surface area contributed by atoms with Gasteiger partial charge >= 0.3 is 6.18 Å². The Morgan fingerprint density at radius 2 is 1.81 bits per heavy atom. The van der Waals surface area contributed by atoms with E-state index in [9.17, 15) is 23.1 Å². The van der Waals surface area contributed by atoms with Crippen LogP contribution in [0.4, 0.5) is 13.2 Å². The van der Waals surface area contributed by atoms with Crippen molar-refractivity contribution in [2.75, 3.05) is 13.1 Å². The number of nitrogens with one attached hydrogen (secondary N) is 1. The predicted molar refractivity (Wildman–Crippen MR) is 111 cm³/mol. The standard InChI is InChI=1S/C23H19F3N2O3/c1-14(22(30)12-27-13-22)28-21(29)16-5-10-19-15(11-16)3-2-4-20(19)31-18-8-6-17(7-9-18)23(24,25)26/h2-11,27,30H,12-13H2,1H3. The Hall–Kier alpha value is -3.23. The highest BCUT2D eigenvalue weighted by Crippen LogP contribution is 2.34. The van der Waals surface area contributed by atoms with Crippen molar-refractivity contribution in [2.24, 2.45) is 4.99 Å². The van der Waals surface area contributed by atoms with Gasteiger partial charge < -0.3 is 15.2 Å². The molecule has 1 aliphatic heterocycles. The zero-order valence-electron chi connectivity index (χ0n) is 16.5. The largest absolute Gasteiger partial charge is 0.457 e. The molecule has 1 amide bonds. The minimum Gasteiger partial charge on any atom is -0.457 e. The van der Waals surface area contributed by atoms with E-state index in [-0.39, 0.29) is 5.75 Å². The van der Waals surface area contributed by atoms with Gasteiger partial charge in [-0.2, -0.15) is 13.2 Å². The molecule has 4 rings (SSSR count). The molecule has 2 N–H and O–H groups in total. The summed E-state index contributed by atoms with van der Waals surface area (Å²) in [6.45, 7) is 2.34. The number of β-amino-alcohol motifs (C(OH)–C–C–N with tert-alkyl or cyclic N) is 1. The summed E-state index contributed by atoms with van der Waals surface area (Å²) in [5.74, 6) is 0.253. The number of fused-ring (bicyclic) bond motifs is 1. The van der Waals surface area contributed by atoms with E-state index in [2.05, 4.69) is 10.3 Å². The van der Waals surface area contributed by atoms with Crippen molar-refractivity contribution in [3.8, 4) is 11.5 Å². The first-order valence-corrected chi connectivity index (χ1v) is 9.57. The minimum atomic E-state index is -4.41. The average molecular weight is 428 g/mol. The molecule has 8 heteroatoms. The van der Waals surface area contributed by atoms with Crippen molar-refractivity contribution in [3.63, 3.8) is 0 Å². The number of aliphatic hydroxyl groups is 1. The molecule has 0 radical (unpaired) electrons. The van der Waals surface area contributed by atoms with Gasteiger partial charge in [-0.1, -0.05) is 12.1 Å². The molecule has 0 aromatic heterocycles. The summed E-state index contributed by atoms with van der Waals surface area (Å²) < 4.78 is 44.0. The molecule has 0 spiro atoms. The third kappa shape index (κ3) is 4.30. The van der Waals surface area contributed by atoms with E-state index in [1.807, 2.05) is 0 Å². The van der Waals surface area contributed by atoms with Crippen LogP contribution < -0.4 is 10.1 Å². The van der Waals surface area contributed by atoms with Crippen LogP contribution in [0.2, 0.25) is 0 Å². The Bertz CT molecular complexity index is 1170. The van der Waals surface area contributed by atoms with Crippen LogP contribution in [0.1, 0.15) is 22.8 Å². The van der Waals surface area contributed by atoms with Crippen LogP contribution in [-0.2, 0) is 6.18 Å². The molecule has 0 aliphatic carbocycles. The van der Waals surface area contributed by atoms with Crippen LogP contribution in [0, 0.1) is 0 Å². The molecular formula is C23H19F3N2O3. The maximum Gasteiger partial charge on any atom is 0.416 e. The zero-order valence-corrected chi connectivity index (χ0v) is 16.5. The molecule has 3 aromatic rings. The van der Waals surface area contributed by atoms with Gasteiger partial charge in [0.05, 0.1) is 11.3 Å². The van der Waals surface area contributed by atoms with Crippen molar-refractivity contribution in [1.82, 2.24) is 5.32 Å². The number of ether oxygens (including phenoxy) is 1.